The second-order valence-corrected chi connectivity index (χ2v) is 14.9. The van der Waals surface area contributed by atoms with Crippen LogP contribution >= 0.6 is 11.3 Å². The molecular formula is C41H41F2N7O3S. The Morgan fingerprint density at radius 3 is 2.57 bits per heavy atom. The lowest BCUT2D eigenvalue weighted by Gasteiger charge is -2.53. The summed E-state index contributed by atoms with van der Waals surface area (Å²) < 4.78 is 34.0. The van der Waals surface area contributed by atoms with Gasteiger partial charge in [-0.1, -0.05) is 6.07 Å². The predicted molar refractivity (Wildman–Crippen MR) is 211 cm³/mol. The molecule has 3 aromatic heterocycles. The molecule has 10 nitrogen and oxygen atoms in total. The fraction of sp³-hybridized carbons (Fsp3) is 0.293. The van der Waals surface area contributed by atoms with Crippen LogP contribution in [-0.2, 0) is 17.7 Å². The van der Waals surface area contributed by atoms with Crippen LogP contribution in [0.2, 0.25) is 0 Å². The Bertz CT molecular complexity index is 2180. The highest BCUT2D eigenvalue weighted by atomic mass is 32.1. The average Bonchev–Trinajstić information content (AvgIpc) is 3.53. The van der Waals surface area contributed by atoms with Gasteiger partial charge in [-0.05, 0) is 92.6 Å². The Balaban J connectivity index is 0.000000208. The number of aryl methyl sites for hydroxylation is 1. The Kier molecular flexibility index (Phi) is 10.8. The van der Waals surface area contributed by atoms with E-state index in [1.807, 2.05) is 44.4 Å². The van der Waals surface area contributed by atoms with Crippen LogP contribution in [0.1, 0.15) is 49.6 Å². The first kappa shape index (κ1) is 36.8. The van der Waals surface area contributed by atoms with Gasteiger partial charge in [0.15, 0.2) is 6.29 Å². The fourth-order valence-electron chi connectivity index (χ4n) is 7.23. The van der Waals surface area contributed by atoms with Gasteiger partial charge in [0.05, 0.1) is 33.7 Å². The van der Waals surface area contributed by atoms with Crippen LogP contribution in [0.25, 0.3) is 10.6 Å². The number of thiophene rings is 1. The molecule has 0 atom stereocenters. The highest BCUT2D eigenvalue weighted by Crippen LogP contribution is 2.43. The number of anilines is 4. The molecule has 2 N–H and O–H groups in total. The molecule has 13 heteroatoms. The summed E-state index contributed by atoms with van der Waals surface area (Å²) in [5.41, 5.74) is 6.27. The van der Waals surface area contributed by atoms with Crippen molar-refractivity contribution in [3.63, 3.8) is 0 Å². The van der Waals surface area contributed by atoms with Crippen molar-refractivity contribution in [3.05, 3.63) is 112 Å². The van der Waals surface area contributed by atoms with E-state index in [1.54, 1.807) is 29.2 Å². The molecule has 1 amide bonds. The smallest absolute Gasteiger partial charge is 0.258 e. The lowest BCUT2D eigenvalue weighted by Crippen LogP contribution is -2.59. The van der Waals surface area contributed by atoms with Gasteiger partial charge in [-0.25, -0.2) is 13.8 Å². The van der Waals surface area contributed by atoms with Crippen molar-refractivity contribution in [1.29, 1.82) is 0 Å². The average molecular weight is 750 g/mol. The number of rotatable bonds is 8. The molecule has 2 saturated heterocycles. The van der Waals surface area contributed by atoms with E-state index in [1.165, 1.54) is 23.5 Å². The summed E-state index contributed by atoms with van der Waals surface area (Å²) >= 11 is 1.49. The van der Waals surface area contributed by atoms with E-state index in [2.05, 4.69) is 37.2 Å². The first-order valence-electron chi connectivity index (χ1n) is 17.8. The van der Waals surface area contributed by atoms with Crippen molar-refractivity contribution in [3.8, 4) is 10.6 Å². The van der Waals surface area contributed by atoms with E-state index in [4.69, 9.17) is 4.74 Å². The summed E-state index contributed by atoms with van der Waals surface area (Å²) in [5.74, 6) is -0.291. The zero-order chi connectivity index (χ0) is 37.8. The third-order valence-corrected chi connectivity index (χ3v) is 11.3. The molecule has 6 heterocycles. The molecule has 3 aliphatic rings. The van der Waals surface area contributed by atoms with Gasteiger partial charge in [0, 0.05) is 80.2 Å². The SMILES string of the molecule is C=Nc1cccc(F)c1NCc1cc2c(s1)-c1ncc(F)cc1N(C(=O)c1ccc(NC)cc1)CC2.Cc1cnc(N2CC3(CCOCC3)C2)c(C=O)c1. The number of hydrogen-bond acceptors (Lipinski definition) is 10. The number of para-hydroxylation sites is 1. The lowest BCUT2D eigenvalue weighted by atomic mass is 9.73. The number of carbonyl (C=O) groups is 2. The minimum atomic E-state index is -0.511. The highest BCUT2D eigenvalue weighted by molar-refractivity contribution is 7.15. The van der Waals surface area contributed by atoms with E-state index in [0.29, 0.717) is 53.1 Å². The van der Waals surface area contributed by atoms with Crippen molar-refractivity contribution < 1.29 is 23.1 Å². The van der Waals surface area contributed by atoms with Gasteiger partial charge in [-0.15, -0.1) is 11.3 Å². The van der Waals surface area contributed by atoms with Crippen LogP contribution in [0.15, 0.2) is 78.0 Å². The van der Waals surface area contributed by atoms with Crippen LogP contribution < -0.4 is 20.4 Å². The first-order valence-corrected chi connectivity index (χ1v) is 18.6. The Labute approximate surface area is 316 Å². The van der Waals surface area contributed by atoms with Gasteiger partial charge >= 0.3 is 0 Å². The van der Waals surface area contributed by atoms with Crippen LogP contribution in [0, 0.1) is 24.0 Å². The van der Waals surface area contributed by atoms with Gasteiger partial charge in [0.1, 0.15) is 23.1 Å². The Morgan fingerprint density at radius 1 is 1.07 bits per heavy atom. The molecule has 0 radical (unpaired) electrons. The number of amides is 1. The number of carbonyl (C=O) groups excluding carboxylic acids is 2. The number of aromatic nitrogens is 2. The van der Waals surface area contributed by atoms with Gasteiger partial charge in [0.2, 0.25) is 0 Å². The number of ether oxygens (including phenoxy) is 1. The molecule has 8 rings (SSSR count). The van der Waals surface area contributed by atoms with E-state index < -0.39 is 11.6 Å². The van der Waals surface area contributed by atoms with Crippen molar-refractivity contribution in [2.24, 2.45) is 10.4 Å². The normalized spacial score (nSPS) is 15.5. The number of aliphatic imine (C=N–C) groups is 1. The van der Waals surface area contributed by atoms with E-state index >= 15 is 0 Å². The number of halogens is 2. The third kappa shape index (κ3) is 7.60. The lowest BCUT2D eigenvalue weighted by molar-refractivity contribution is -0.000497. The van der Waals surface area contributed by atoms with Crippen LogP contribution in [0.5, 0.6) is 0 Å². The Morgan fingerprint density at radius 2 is 1.85 bits per heavy atom. The summed E-state index contributed by atoms with van der Waals surface area (Å²) in [5, 5.41) is 6.15. The minimum Gasteiger partial charge on any atom is -0.388 e. The maximum atomic E-state index is 14.3. The molecular weight excluding hydrogens is 709 g/mol. The molecule has 3 aliphatic heterocycles. The molecule has 0 unspecified atom stereocenters. The maximum absolute atomic E-state index is 14.3. The van der Waals surface area contributed by atoms with E-state index in [-0.39, 0.29) is 11.6 Å². The molecule has 2 aromatic carbocycles. The number of pyridine rings is 2. The number of hydrogen-bond donors (Lipinski definition) is 2. The van der Waals surface area contributed by atoms with Gasteiger partial charge in [-0.2, -0.15) is 0 Å². The van der Waals surface area contributed by atoms with Crippen molar-refractivity contribution in [2.45, 2.75) is 32.7 Å². The monoisotopic (exact) mass is 749 g/mol. The quantitative estimate of drug-likeness (QED) is 0.121. The maximum Gasteiger partial charge on any atom is 0.258 e. The molecule has 54 heavy (non-hydrogen) atoms. The number of fused-ring (bicyclic) bond motifs is 3. The number of aldehydes is 1. The molecule has 0 saturated carbocycles. The Hall–Kier alpha value is -5.53. The molecule has 0 aliphatic carbocycles. The molecule has 2 fully saturated rings. The molecule has 0 bridgehead atoms. The van der Waals surface area contributed by atoms with Gasteiger partial charge in [-0.3, -0.25) is 19.6 Å². The minimum absolute atomic E-state index is 0.215. The van der Waals surface area contributed by atoms with Crippen molar-refractivity contribution >= 4 is 58.8 Å². The van der Waals surface area contributed by atoms with E-state index in [9.17, 15) is 18.4 Å². The van der Waals surface area contributed by atoms with Crippen LogP contribution in [-0.4, -0.2) is 68.8 Å². The second-order valence-electron chi connectivity index (χ2n) is 13.8. The summed E-state index contributed by atoms with van der Waals surface area (Å²) in [6.45, 7) is 9.97. The topological polar surface area (TPSA) is 112 Å². The highest BCUT2D eigenvalue weighted by Gasteiger charge is 2.44. The first-order chi connectivity index (χ1) is 26.2. The largest absolute Gasteiger partial charge is 0.388 e. The third-order valence-electron chi connectivity index (χ3n) is 10.1. The second kappa shape index (κ2) is 15.8. The van der Waals surface area contributed by atoms with Crippen LogP contribution in [0.3, 0.4) is 0 Å². The van der Waals surface area contributed by atoms with Crippen molar-refractivity contribution in [2.75, 3.05) is 60.3 Å². The number of nitrogens with one attached hydrogen (secondary N) is 2. The van der Waals surface area contributed by atoms with E-state index in [0.717, 1.165) is 84.0 Å². The standard InChI is InChI=1S/C27H23F2N5OS.C14H18N2O2/c1-30-19-8-6-16(7-9-19)27(35)34-11-10-17-12-20(15-33-24-21(29)4-3-5-22(24)31-2)36-26(17)25-23(34)13-18(28)14-32-25;1-11-6-12(8-17)13(15-7-11)16-9-14(10-16)2-4-18-5-3-14/h3-9,12-14,30,33H,2,10-11,15H2,1H3;6-8H,2-5,9-10H2,1H3. The summed E-state index contributed by atoms with van der Waals surface area (Å²) in [7, 11) is 1.81. The van der Waals surface area contributed by atoms with Crippen LogP contribution in [0.4, 0.5) is 37.3 Å². The zero-order valence-corrected chi connectivity index (χ0v) is 31.0. The fourth-order valence-corrected chi connectivity index (χ4v) is 8.39. The van der Waals surface area contributed by atoms with Gasteiger partial charge < -0.3 is 25.2 Å². The number of benzene rings is 2. The van der Waals surface area contributed by atoms with Gasteiger partial charge in [0.25, 0.3) is 5.91 Å². The number of nitrogens with zero attached hydrogens (tertiary/aromatic N) is 5. The summed E-state index contributed by atoms with van der Waals surface area (Å²) in [6, 6.07) is 17.1. The summed E-state index contributed by atoms with van der Waals surface area (Å²) in [6.07, 6.45) is 6.74. The zero-order valence-electron chi connectivity index (χ0n) is 30.2. The molecule has 5 aromatic rings. The predicted octanol–water partition coefficient (Wildman–Crippen LogP) is 8.10. The van der Waals surface area contributed by atoms with Crippen molar-refractivity contribution in [1.82, 2.24) is 9.97 Å². The summed E-state index contributed by atoms with van der Waals surface area (Å²) in [4.78, 5) is 42.8. The molecule has 278 valence electrons. The molecule has 1 spiro atoms.